The van der Waals surface area contributed by atoms with Crippen LogP contribution in [0.25, 0.3) is 0 Å². The monoisotopic (exact) mass is 219 g/mol. The van der Waals surface area contributed by atoms with Gasteiger partial charge in [0.1, 0.15) is 0 Å². The molecule has 1 aromatic rings. The van der Waals surface area contributed by atoms with Crippen LogP contribution in [-0.2, 0) is 4.74 Å². The third kappa shape index (κ3) is 2.63. The Hall–Kier alpha value is -0.860. The quantitative estimate of drug-likeness (QED) is 0.845. The van der Waals surface area contributed by atoms with Gasteiger partial charge in [0.25, 0.3) is 0 Å². The molecule has 1 aliphatic carbocycles. The van der Waals surface area contributed by atoms with E-state index in [1.807, 2.05) is 6.07 Å². The summed E-state index contributed by atoms with van der Waals surface area (Å²) in [6.07, 6.45) is 4.19. The van der Waals surface area contributed by atoms with Crippen LogP contribution in [0.1, 0.15) is 37.9 Å². The van der Waals surface area contributed by atoms with Gasteiger partial charge in [-0.15, -0.1) is 0 Å². The van der Waals surface area contributed by atoms with Crippen LogP contribution in [0.15, 0.2) is 30.3 Å². The largest absolute Gasteiger partial charge is 0.370 e. The molecular weight excluding hydrogens is 198 g/mol. The van der Waals surface area contributed by atoms with E-state index in [4.69, 9.17) is 10.5 Å². The number of benzene rings is 1. The van der Waals surface area contributed by atoms with Gasteiger partial charge in [-0.2, -0.15) is 0 Å². The Labute approximate surface area is 97.8 Å². The molecule has 0 radical (unpaired) electrons. The molecule has 2 N–H and O–H groups in total. The predicted octanol–water partition coefficient (Wildman–Crippen LogP) is 2.89. The van der Waals surface area contributed by atoms with Gasteiger partial charge < -0.3 is 10.5 Å². The summed E-state index contributed by atoms with van der Waals surface area (Å²) in [6.45, 7) is 2.88. The van der Waals surface area contributed by atoms with Crippen molar-refractivity contribution in [2.45, 2.75) is 38.4 Å². The molecule has 2 rings (SSSR count). The molecule has 3 unspecified atom stereocenters. The van der Waals surface area contributed by atoms with E-state index in [0.29, 0.717) is 12.0 Å². The molecule has 0 aromatic heterocycles. The van der Waals surface area contributed by atoms with Gasteiger partial charge in [0.15, 0.2) is 0 Å². The Bertz CT molecular complexity index is 312. The number of hydrogen-bond donors (Lipinski definition) is 1. The molecule has 1 aliphatic rings. The molecule has 88 valence electrons. The summed E-state index contributed by atoms with van der Waals surface area (Å²) >= 11 is 0. The summed E-state index contributed by atoms with van der Waals surface area (Å²) in [5, 5.41) is 0. The van der Waals surface area contributed by atoms with E-state index in [1.54, 1.807) is 0 Å². The summed E-state index contributed by atoms with van der Waals surface area (Å²) in [4.78, 5) is 0. The average Bonchev–Trinajstić information content (AvgIpc) is 2.77. The highest BCUT2D eigenvalue weighted by molar-refractivity contribution is 5.16. The summed E-state index contributed by atoms with van der Waals surface area (Å²) < 4.78 is 6.12. The molecule has 1 fully saturated rings. The van der Waals surface area contributed by atoms with Crippen molar-refractivity contribution in [2.24, 2.45) is 11.7 Å². The molecule has 0 amide bonds. The lowest BCUT2D eigenvalue weighted by Gasteiger charge is -2.23. The number of ether oxygens (including phenoxy) is 1. The lowest BCUT2D eigenvalue weighted by molar-refractivity contribution is -0.0217. The van der Waals surface area contributed by atoms with E-state index in [-0.39, 0.29) is 6.10 Å². The van der Waals surface area contributed by atoms with Gasteiger partial charge in [-0.05, 0) is 37.8 Å². The molecular formula is C14H21NO. The Morgan fingerprint density at radius 2 is 2.06 bits per heavy atom. The minimum Gasteiger partial charge on any atom is -0.370 e. The van der Waals surface area contributed by atoms with Crippen molar-refractivity contribution < 1.29 is 4.74 Å². The van der Waals surface area contributed by atoms with Crippen molar-refractivity contribution in [1.82, 2.24) is 0 Å². The van der Waals surface area contributed by atoms with Crippen LogP contribution in [0, 0.1) is 5.92 Å². The summed E-state index contributed by atoms with van der Waals surface area (Å²) in [5.41, 5.74) is 7.01. The molecule has 0 saturated heterocycles. The molecule has 1 saturated carbocycles. The van der Waals surface area contributed by atoms with E-state index in [1.165, 1.54) is 24.8 Å². The van der Waals surface area contributed by atoms with Crippen LogP contribution in [-0.4, -0.2) is 12.6 Å². The Morgan fingerprint density at radius 3 is 2.75 bits per heavy atom. The smallest absolute Gasteiger partial charge is 0.0800 e. The third-order valence-electron chi connectivity index (χ3n) is 3.54. The lowest BCUT2D eigenvalue weighted by atomic mass is 10.1. The second-order valence-corrected chi connectivity index (χ2v) is 4.65. The molecule has 0 bridgehead atoms. The minimum absolute atomic E-state index is 0.179. The highest BCUT2D eigenvalue weighted by Crippen LogP contribution is 2.31. The number of hydrogen-bond acceptors (Lipinski definition) is 2. The van der Waals surface area contributed by atoms with Gasteiger partial charge in [-0.25, -0.2) is 0 Å². The van der Waals surface area contributed by atoms with Gasteiger partial charge in [0, 0.05) is 0 Å². The van der Waals surface area contributed by atoms with Crippen molar-refractivity contribution in [3.63, 3.8) is 0 Å². The zero-order chi connectivity index (χ0) is 11.4. The molecule has 2 heteroatoms. The Balaban J connectivity index is 1.94. The maximum absolute atomic E-state index is 6.12. The fourth-order valence-electron chi connectivity index (χ4n) is 2.52. The van der Waals surface area contributed by atoms with Gasteiger partial charge in [-0.3, -0.25) is 0 Å². The van der Waals surface area contributed by atoms with Crippen molar-refractivity contribution in [3.05, 3.63) is 35.9 Å². The van der Waals surface area contributed by atoms with Crippen molar-refractivity contribution >= 4 is 0 Å². The maximum Gasteiger partial charge on any atom is 0.0800 e. The van der Waals surface area contributed by atoms with Crippen molar-refractivity contribution in [2.75, 3.05) is 6.54 Å². The van der Waals surface area contributed by atoms with E-state index in [2.05, 4.69) is 31.2 Å². The van der Waals surface area contributed by atoms with Gasteiger partial charge in [0.05, 0.1) is 12.2 Å². The van der Waals surface area contributed by atoms with E-state index >= 15 is 0 Å². The third-order valence-corrected chi connectivity index (χ3v) is 3.54. The first-order valence-corrected chi connectivity index (χ1v) is 6.21. The first kappa shape index (κ1) is 11.6. The summed E-state index contributed by atoms with van der Waals surface area (Å²) in [6, 6.07) is 10.4. The molecule has 2 nitrogen and oxygen atoms in total. The van der Waals surface area contributed by atoms with Crippen molar-refractivity contribution in [3.8, 4) is 0 Å². The van der Waals surface area contributed by atoms with Crippen LogP contribution < -0.4 is 5.73 Å². The van der Waals surface area contributed by atoms with E-state index in [0.717, 1.165) is 6.54 Å². The molecule has 16 heavy (non-hydrogen) atoms. The summed E-state index contributed by atoms with van der Waals surface area (Å²) in [5.74, 6) is 0.561. The highest BCUT2D eigenvalue weighted by Gasteiger charge is 2.28. The van der Waals surface area contributed by atoms with E-state index in [9.17, 15) is 0 Å². The highest BCUT2D eigenvalue weighted by atomic mass is 16.5. The topological polar surface area (TPSA) is 35.2 Å². The SMILES string of the molecule is CC(OC1CCCC1CN)c1ccccc1. The second-order valence-electron chi connectivity index (χ2n) is 4.65. The maximum atomic E-state index is 6.12. The average molecular weight is 219 g/mol. The van der Waals surface area contributed by atoms with Crippen LogP contribution in [0.5, 0.6) is 0 Å². The van der Waals surface area contributed by atoms with Crippen LogP contribution in [0.3, 0.4) is 0 Å². The predicted molar refractivity (Wildman–Crippen MR) is 66.1 cm³/mol. The van der Waals surface area contributed by atoms with E-state index < -0.39 is 0 Å². The zero-order valence-electron chi connectivity index (χ0n) is 9.93. The van der Waals surface area contributed by atoms with Crippen molar-refractivity contribution in [1.29, 1.82) is 0 Å². The van der Waals surface area contributed by atoms with Gasteiger partial charge in [0.2, 0.25) is 0 Å². The molecule has 0 spiro atoms. The van der Waals surface area contributed by atoms with Crippen LogP contribution >= 0.6 is 0 Å². The molecule has 0 heterocycles. The number of rotatable bonds is 4. The minimum atomic E-state index is 0.179. The standard InChI is InChI=1S/C14H21NO/c1-11(12-6-3-2-4-7-12)16-14-9-5-8-13(14)10-15/h2-4,6-7,11,13-14H,5,8-10,15H2,1H3. The fourth-order valence-corrected chi connectivity index (χ4v) is 2.52. The first-order valence-electron chi connectivity index (χ1n) is 6.21. The first-order chi connectivity index (χ1) is 7.81. The normalized spacial score (nSPS) is 26.9. The fraction of sp³-hybridized carbons (Fsp3) is 0.571. The Morgan fingerprint density at radius 1 is 1.31 bits per heavy atom. The van der Waals surface area contributed by atoms with Gasteiger partial charge in [-0.1, -0.05) is 36.8 Å². The zero-order valence-corrected chi connectivity index (χ0v) is 9.93. The molecule has 3 atom stereocenters. The Kier molecular flexibility index (Phi) is 3.97. The lowest BCUT2D eigenvalue weighted by Crippen LogP contribution is -2.26. The van der Waals surface area contributed by atoms with Gasteiger partial charge >= 0.3 is 0 Å². The second kappa shape index (κ2) is 5.46. The molecule has 0 aliphatic heterocycles. The molecule has 1 aromatic carbocycles. The number of nitrogens with two attached hydrogens (primary N) is 1. The van der Waals surface area contributed by atoms with Crippen LogP contribution in [0.4, 0.5) is 0 Å². The summed E-state index contributed by atoms with van der Waals surface area (Å²) in [7, 11) is 0. The van der Waals surface area contributed by atoms with Crippen LogP contribution in [0.2, 0.25) is 0 Å².